The summed E-state index contributed by atoms with van der Waals surface area (Å²) in [5.74, 6) is -0.910. The number of aliphatic hydroxyl groups is 2. The standard InChI is InChI=1S/C26H38O6/c1-8-14(2)11-15(3)22(29)18(6)23(30)31-20-10-9-16(4)25(7)19(20)12-21(28)26(17(5)13-27)24(25)32-26/h11-12,14,16,18,20,22,24,27,29H,5,8-10,13H2,1-4,6-7H3/b15-11+/t14-,16+,18-,20-,22+,24-,25-,26+/m1/s1. The van der Waals surface area contributed by atoms with Crippen LogP contribution in [0.3, 0.4) is 0 Å². The van der Waals surface area contributed by atoms with Gasteiger partial charge >= 0.3 is 5.97 Å². The molecule has 3 aliphatic rings. The number of carbonyl (C=O) groups excluding carboxylic acids is 2. The fourth-order valence-electron chi connectivity index (χ4n) is 5.40. The van der Waals surface area contributed by atoms with Gasteiger partial charge in [0.25, 0.3) is 0 Å². The minimum Gasteiger partial charge on any atom is -0.458 e. The number of hydrogen-bond donors (Lipinski definition) is 2. The summed E-state index contributed by atoms with van der Waals surface area (Å²) in [7, 11) is 0. The molecule has 178 valence electrons. The van der Waals surface area contributed by atoms with Crippen LogP contribution in [0.15, 0.2) is 35.5 Å². The summed E-state index contributed by atoms with van der Waals surface area (Å²) >= 11 is 0. The number of rotatable bonds is 8. The smallest absolute Gasteiger partial charge is 0.312 e. The molecule has 6 heteroatoms. The predicted molar refractivity (Wildman–Crippen MR) is 122 cm³/mol. The van der Waals surface area contributed by atoms with E-state index >= 15 is 0 Å². The molecule has 2 N–H and O–H groups in total. The third kappa shape index (κ3) is 3.80. The van der Waals surface area contributed by atoms with Gasteiger partial charge in [0, 0.05) is 5.41 Å². The van der Waals surface area contributed by atoms with Gasteiger partial charge in [-0.2, -0.15) is 0 Å². The molecule has 1 aliphatic heterocycles. The van der Waals surface area contributed by atoms with Gasteiger partial charge in [0.2, 0.25) is 0 Å². The number of ether oxygens (including phenoxy) is 2. The number of fused-ring (bicyclic) bond motifs is 3. The van der Waals surface area contributed by atoms with Crippen LogP contribution in [0.2, 0.25) is 0 Å². The van der Waals surface area contributed by atoms with Crippen LogP contribution in [0.4, 0.5) is 0 Å². The van der Waals surface area contributed by atoms with Gasteiger partial charge in [0.1, 0.15) is 12.2 Å². The Bertz CT molecular complexity index is 856. The number of hydrogen-bond acceptors (Lipinski definition) is 6. The lowest BCUT2D eigenvalue weighted by atomic mass is 9.57. The highest BCUT2D eigenvalue weighted by Gasteiger charge is 2.74. The highest BCUT2D eigenvalue weighted by Crippen LogP contribution is 2.63. The zero-order valence-corrected chi connectivity index (χ0v) is 20.2. The van der Waals surface area contributed by atoms with E-state index in [0.29, 0.717) is 17.9 Å². The topological polar surface area (TPSA) is 96.4 Å². The summed E-state index contributed by atoms with van der Waals surface area (Å²) in [5.41, 5.74) is 0.247. The SMILES string of the molecule is C=C(CO)[C@@]12O[C@@H]1[C@@]1(C)C(=CC2=O)[C@H](OC(=O)[C@H](C)[C@@H](O)/C(C)=C/[C@H](C)CC)CC[C@@H]1C. The molecule has 0 radical (unpaired) electrons. The van der Waals surface area contributed by atoms with Gasteiger partial charge in [-0.05, 0) is 61.3 Å². The predicted octanol–water partition coefficient (Wildman–Crippen LogP) is 3.52. The quantitative estimate of drug-likeness (QED) is 0.336. The van der Waals surface area contributed by atoms with E-state index in [9.17, 15) is 19.8 Å². The molecule has 6 nitrogen and oxygen atoms in total. The minimum absolute atomic E-state index is 0.207. The molecule has 0 aromatic rings. The van der Waals surface area contributed by atoms with Crippen molar-refractivity contribution in [3.8, 4) is 0 Å². The second-order valence-electron chi connectivity index (χ2n) is 10.2. The third-order valence-electron chi connectivity index (χ3n) is 8.15. The van der Waals surface area contributed by atoms with Gasteiger partial charge in [0.05, 0.1) is 18.6 Å². The van der Waals surface area contributed by atoms with Gasteiger partial charge in [0.15, 0.2) is 11.4 Å². The summed E-state index contributed by atoms with van der Waals surface area (Å²) in [4.78, 5) is 26.0. The van der Waals surface area contributed by atoms with Crippen molar-refractivity contribution in [3.05, 3.63) is 35.5 Å². The lowest BCUT2D eigenvalue weighted by Crippen LogP contribution is -2.51. The summed E-state index contributed by atoms with van der Waals surface area (Å²) in [6.07, 6.45) is 4.06. The lowest BCUT2D eigenvalue weighted by Gasteiger charge is -2.47. The summed E-state index contributed by atoms with van der Waals surface area (Å²) < 4.78 is 11.8. The van der Waals surface area contributed by atoms with Crippen molar-refractivity contribution < 1.29 is 29.3 Å². The van der Waals surface area contributed by atoms with Gasteiger partial charge in [-0.3, -0.25) is 9.59 Å². The van der Waals surface area contributed by atoms with Crippen LogP contribution in [0.5, 0.6) is 0 Å². The van der Waals surface area contributed by atoms with E-state index in [0.717, 1.165) is 24.0 Å². The van der Waals surface area contributed by atoms with Crippen molar-refractivity contribution in [2.75, 3.05) is 6.61 Å². The third-order valence-corrected chi connectivity index (χ3v) is 8.15. The maximum Gasteiger partial charge on any atom is 0.312 e. The summed E-state index contributed by atoms with van der Waals surface area (Å²) in [5, 5.41) is 20.3. The van der Waals surface area contributed by atoms with Crippen LogP contribution in [0.1, 0.15) is 60.8 Å². The minimum atomic E-state index is -1.16. The van der Waals surface area contributed by atoms with Crippen molar-refractivity contribution in [1.82, 2.24) is 0 Å². The second kappa shape index (κ2) is 8.88. The Balaban J connectivity index is 1.82. The average molecular weight is 447 g/mol. The Hall–Kier alpha value is -1.76. The fraction of sp³-hybridized carbons (Fsp3) is 0.692. The Morgan fingerprint density at radius 3 is 2.66 bits per heavy atom. The largest absolute Gasteiger partial charge is 0.458 e. The van der Waals surface area contributed by atoms with E-state index in [2.05, 4.69) is 27.4 Å². The van der Waals surface area contributed by atoms with Crippen LogP contribution in [-0.4, -0.2) is 52.5 Å². The van der Waals surface area contributed by atoms with Crippen LogP contribution in [0.25, 0.3) is 0 Å². The van der Waals surface area contributed by atoms with Crippen LogP contribution >= 0.6 is 0 Å². The van der Waals surface area contributed by atoms with Crippen molar-refractivity contribution in [1.29, 1.82) is 0 Å². The molecule has 2 fully saturated rings. The first-order chi connectivity index (χ1) is 14.9. The van der Waals surface area contributed by atoms with Gasteiger partial charge in [-0.15, -0.1) is 0 Å². The van der Waals surface area contributed by atoms with E-state index < -0.39 is 41.2 Å². The van der Waals surface area contributed by atoms with Crippen molar-refractivity contribution in [3.63, 3.8) is 0 Å². The Labute approximate surface area is 191 Å². The number of ketones is 1. The Kier molecular flexibility index (Phi) is 6.90. The van der Waals surface area contributed by atoms with E-state index in [-0.39, 0.29) is 18.3 Å². The lowest BCUT2D eigenvalue weighted by molar-refractivity contribution is -0.157. The maximum atomic E-state index is 13.0. The van der Waals surface area contributed by atoms with Crippen molar-refractivity contribution >= 4 is 11.8 Å². The molecule has 3 rings (SSSR count). The molecule has 0 aromatic heterocycles. The van der Waals surface area contributed by atoms with Gasteiger partial charge < -0.3 is 19.7 Å². The van der Waals surface area contributed by atoms with Crippen molar-refractivity contribution in [2.45, 2.75) is 84.7 Å². The second-order valence-corrected chi connectivity index (χ2v) is 10.2. The van der Waals surface area contributed by atoms with E-state index in [1.165, 1.54) is 0 Å². The summed E-state index contributed by atoms with van der Waals surface area (Å²) in [6, 6.07) is 0. The Morgan fingerprint density at radius 2 is 2.06 bits per heavy atom. The van der Waals surface area contributed by atoms with Crippen LogP contribution < -0.4 is 0 Å². The fourth-order valence-corrected chi connectivity index (χ4v) is 5.40. The molecule has 1 saturated heterocycles. The van der Waals surface area contributed by atoms with Crippen molar-refractivity contribution in [2.24, 2.45) is 23.2 Å². The molecule has 0 spiro atoms. The number of carbonyl (C=O) groups is 2. The summed E-state index contributed by atoms with van der Waals surface area (Å²) in [6.45, 7) is 15.4. The molecule has 0 bridgehead atoms. The van der Waals surface area contributed by atoms with E-state index in [4.69, 9.17) is 9.47 Å². The maximum absolute atomic E-state index is 13.0. The zero-order valence-electron chi connectivity index (χ0n) is 20.2. The normalized spacial score (nSPS) is 36.9. The monoisotopic (exact) mass is 446 g/mol. The number of epoxide rings is 1. The first-order valence-electron chi connectivity index (χ1n) is 11.7. The number of allylic oxidation sites excluding steroid dienone is 1. The highest BCUT2D eigenvalue weighted by molar-refractivity contribution is 6.05. The Morgan fingerprint density at radius 1 is 1.41 bits per heavy atom. The molecular weight excluding hydrogens is 408 g/mol. The molecule has 1 saturated carbocycles. The first kappa shape index (κ1) is 24.9. The molecular formula is C26H38O6. The molecule has 1 heterocycles. The average Bonchev–Trinajstić information content (AvgIpc) is 3.54. The van der Waals surface area contributed by atoms with Crippen LogP contribution in [0, 0.1) is 23.2 Å². The van der Waals surface area contributed by atoms with E-state index in [1.54, 1.807) is 13.0 Å². The van der Waals surface area contributed by atoms with E-state index in [1.807, 2.05) is 19.9 Å². The molecule has 0 aromatic carbocycles. The first-order valence-corrected chi connectivity index (χ1v) is 11.7. The molecule has 2 aliphatic carbocycles. The van der Waals surface area contributed by atoms with Crippen LogP contribution in [-0.2, 0) is 19.1 Å². The van der Waals surface area contributed by atoms with Gasteiger partial charge in [-0.25, -0.2) is 0 Å². The molecule has 32 heavy (non-hydrogen) atoms. The number of aliphatic hydroxyl groups excluding tert-OH is 2. The zero-order chi connectivity index (χ0) is 24.0. The molecule has 8 atom stereocenters. The molecule has 0 unspecified atom stereocenters. The number of esters is 1. The van der Waals surface area contributed by atoms with Gasteiger partial charge in [-0.1, -0.05) is 46.8 Å². The highest BCUT2D eigenvalue weighted by atomic mass is 16.6. The molecule has 0 amide bonds.